The van der Waals surface area contributed by atoms with Crippen LogP contribution in [0.25, 0.3) is 0 Å². The third-order valence-electron chi connectivity index (χ3n) is 3.87. The fourth-order valence-electron chi connectivity index (χ4n) is 2.74. The second kappa shape index (κ2) is 7.31. The Balaban J connectivity index is 1.91. The van der Waals surface area contributed by atoms with Gasteiger partial charge >= 0.3 is 5.97 Å². The minimum absolute atomic E-state index is 0.325. The molecule has 0 radical (unpaired) electrons. The first-order chi connectivity index (χ1) is 10.1. The number of hydrogen-bond acceptors (Lipinski definition) is 4. The monoisotopic (exact) mass is 292 g/mol. The molecule has 1 aromatic rings. The number of ether oxygens (including phenoxy) is 1. The molecular formula is C16H24N2O3. The second-order valence-electron chi connectivity index (χ2n) is 5.50. The molecule has 0 saturated carbocycles. The van der Waals surface area contributed by atoms with Crippen molar-refractivity contribution in [3.05, 3.63) is 23.8 Å². The molecule has 0 aromatic heterocycles. The van der Waals surface area contributed by atoms with Crippen LogP contribution in [0.1, 0.15) is 31.7 Å². The SMILES string of the molecule is CCCOc1ccc(CCN2CCCC2C(=O)O)cc1N. The molecule has 1 unspecified atom stereocenters. The van der Waals surface area contributed by atoms with Crippen LogP contribution in [0.15, 0.2) is 18.2 Å². The van der Waals surface area contributed by atoms with E-state index in [0.29, 0.717) is 12.3 Å². The summed E-state index contributed by atoms with van der Waals surface area (Å²) in [4.78, 5) is 13.2. The molecule has 1 fully saturated rings. The van der Waals surface area contributed by atoms with Crippen molar-refractivity contribution >= 4 is 11.7 Å². The molecule has 1 heterocycles. The van der Waals surface area contributed by atoms with E-state index in [4.69, 9.17) is 15.6 Å². The first-order valence-corrected chi connectivity index (χ1v) is 7.60. The molecule has 2 rings (SSSR count). The van der Waals surface area contributed by atoms with Crippen LogP contribution < -0.4 is 10.5 Å². The summed E-state index contributed by atoms with van der Waals surface area (Å²) in [6.07, 6.45) is 3.47. The Hall–Kier alpha value is -1.75. The van der Waals surface area contributed by atoms with Gasteiger partial charge in [0.05, 0.1) is 12.3 Å². The number of carbonyl (C=O) groups is 1. The third-order valence-corrected chi connectivity index (χ3v) is 3.87. The lowest BCUT2D eigenvalue weighted by atomic mass is 10.1. The van der Waals surface area contributed by atoms with Crippen LogP contribution in [0.3, 0.4) is 0 Å². The Morgan fingerprint density at radius 3 is 3.00 bits per heavy atom. The lowest BCUT2D eigenvalue weighted by Crippen LogP contribution is -2.37. The van der Waals surface area contributed by atoms with Gasteiger partial charge in [-0.05, 0) is 49.9 Å². The Bertz CT molecular complexity index is 490. The Labute approximate surface area is 125 Å². The number of anilines is 1. The number of hydrogen-bond donors (Lipinski definition) is 2. The number of likely N-dealkylation sites (tertiary alicyclic amines) is 1. The van der Waals surface area contributed by atoms with Crippen molar-refractivity contribution < 1.29 is 14.6 Å². The topological polar surface area (TPSA) is 75.8 Å². The summed E-state index contributed by atoms with van der Waals surface area (Å²) >= 11 is 0. The van der Waals surface area contributed by atoms with Gasteiger partial charge in [0, 0.05) is 6.54 Å². The van der Waals surface area contributed by atoms with E-state index >= 15 is 0 Å². The van der Waals surface area contributed by atoms with Crippen molar-refractivity contribution in [3.63, 3.8) is 0 Å². The standard InChI is InChI=1S/C16H24N2O3/c1-2-10-21-15-6-5-12(11-13(15)17)7-9-18-8-3-4-14(18)16(19)20/h5-6,11,14H,2-4,7-10,17H2,1H3,(H,19,20). The van der Waals surface area contributed by atoms with Crippen molar-refractivity contribution in [1.29, 1.82) is 0 Å². The lowest BCUT2D eigenvalue weighted by molar-refractivity contribution is -0.142. The third kappa shape index (κ3) is 4.11. The molecule has 116 valence electrons. The summed E-state index contributed by atoms with van der Waals surface area (Å²) in [6.45, 7) is 4.34. The van der Waals surface area contributed by atoms with Crippen molar-refractivity contribution in [1.82, 2.24) is 4.90 Å². The maximum absolute atomic E-state index is 11.1. The zero-order chi connectivity index (χ0) is 15.2. The fourth-order valence-corrected chi connectivity index (χ4v) is 2.74. The van der Waals surface area contributed by atoms with E-state index in [0.717, 1.165) is 50.1 Å². The summed E-state index contributed by atoms with van der Waals surface area (Å²) in [5.74, 6) is 0.0144. The normalized spacial score (nSPS) is 18.8. The number of nitrogens with two attached hydrogens (primary N) is 1. The van der Waals surface area contributed by atoms with Gasteiger partial charge in [0.1, 0.15) is 11.8 Å². The molecule has 1 aliphatic heterocycles. The fraction of sp³-hybridized carbons (Fsp3) is 0.562. The molecule has 1 atom stereocenters. The molecule has 3 N–H and O–H groups in total. The summed E-state index contributed by atoms with van der Waals surface area (Å²) in [5, 5.41) is 9.17. The van der Waals surface area contributed by atoms with Gasteiger partial charge in [-0.1, -0.05) is 13.0 Å². The predicted octanol–water partition coefficient (Wildman–Crippen LogP) is 2.15. The van der Waals surface area contributed by atoms with Gasteiger partial charge in [-0.2, -0.15) is 0 Å². The van der Waals surface area contributed by atoms with Gasteiger partial charge in [-0.15, -0.1) is 0 Å². The molecule has 21 heavy (non-hydrogen) atoms. The summed E-state index contributed by atoms with van der Waals surface area (Å²) in [5.41, 5.74) is 7.76. The minimum atomic E-state index is -0.713. The van der Waals surface area contributed by atoms with Crippen molar-refractivity contribution in [3.8, 4) is 5.75 Å². The number of benzene rings is 1. The van der Waals surface area contributed by atoms with Crippen molar-refractivity contribution in [2.45, 2.75) is 38.6 Å². The highest BCUT2D eigenvalue weighted by atomic mass is 16.5. The highest BCUT2D eigenvalue weighted by Gasteiger charge is 2.29. The van der Waals surface area contributed by atoms with Gasteiger partial charge in [-0.25, -0.2) is 0 Å². The Kier molecular flexibility index (Phi) is 5.44. The summed E-state index contributed by atoms with van der Waals surface area (Å²) < 4.78 is 5.55. The van der Waals surface area contributed by atoms with Gasteiger partial charge in [0.25, 0.3) is 0 Å². The van der Waals surface area contributed by atoms with Crippen LogP contribution >= 0.6 is 0 Å². The van der Waals surface area contributed by atoms with E-state index in [1.165, 1.54) is 0 Å². The van der Waals surface area contributed by atoms with Crippen molar-refractivity contribution in [2.24, 2.45) is 0 Å². The molecule has 5 heteroatoms. The van der Waals surface area contributed by atoms with Crippen LogP contribution in [-0.2, 0) is 11.2 Å². The average Bonchev–Trinajstić information content (AvgIpc) is 2.93. The zero-order valence-electron chi connectivity index (χ0n) is 12.5. The highest BCUT2D eigenvalue weighted by Crippen LogP contribution is 2.24. The molecule has 0 aliphatic carbocycles. The predicted molar refractivity (Wildman–Crippen MR) is 82.6 cm³/mol. The van der Waals surface area contributed by atoms with E-state index in [-0.39, 0.29) is 6.04 Å². The van der Waals surface area contributed by atoms with Gasteiger partial charge in [-0.3, -0.25) is 9.69 Å². The van der Waals surface area contributed by atoms with E-state index in [2.05, 4.69) is 6.92 Å². The van der Waals surface area contributed by atoms with Crippen LogP contribution in [0.5, 0.6) is 5.75 Å². The molecule has 0 amide bonds. The number of aliphatic carboxylic acids is 1. The van der Waals surface area contributed by atoms with Gasteiger partial charge < -0.3 is 15.6 Å². The second-order valence-corrected chi connectivity index (χ2v) is 5.50. The van der Waals surface area contributed by atoms with Crippen LogP contribution in [0.4, 0.5) is 5.69 Å². The average molecular weight is 292 g/mol. The van der Waals surface area contributed by atoms with E-state index in [1.807, 2.05) is 23.1 Å². The summed E-state index contributed by atoms with van der Waals surface area (Å²) in [7, 11) is 0. The quantitative estimate of drug-likeness (QED) is 0.753. The highest BCUT2D eigenvalue weighted by molar-refractivity contribution is 5.73. The smallest absolute Gasteiger partial charge is 0.320 e. The molecule has 5 nitrogen and oxygen atoms in total. The number of nitrogens with zero attached hydrogens (tertiary/aromatic N) is 1. The number of rotatable bonds is 7. The van der Waals surface area contributed by atoms with Crippen LogP contribution in [-0.4, -0.2) is 41.7 Å². The molecule has 1 aromatic carbocycles. The first kappa shape index (κ1) is 15.6. The van der Waals surface area contributed by atoms with Crippen LogP contribution in [0, 0.1) is 0 Å². The maximum atomic E-state index is 11.1. The zero-order valence-corrected chi connectivity index (χ0v) is 12.5. The minimum Gasteiger partial charge on any atom is -0.491 e. The van der Waals surface area contributed by atoms with Crippen LogP contribution in [0.2, 0.25) is 0 Å². The van der Waals surface area contributed by atoms with E-state index < -0.39 is 5.97 Å². The first-order valence-electron chi connectivity index (χ1n) is 7.60. The number of carboxylic acid groups (broad SMARTS) is 1. The molecule has 1 saturated heterocycles. The number of nitrogen functional groups attached to an aromatic ring is 1. The van der Waals surface area contributed by atoms with E-state index in [9.17, 15) is 4.79 Å². The molecule has 0 spiro atoms. The van der Waals surface area contributed by atoms with Gasteiger partial charge in [0.2, 0.25) is 0 Å². The Morgan fingerprint density at radius 2 is 2.33 bits per heavy atom. The van der Waals surface area contributed by atoms with Crippen molar-refractivity contribution in [2.75, 3.05) is 25.4 Å². The molecule has 0 bridgehead atoms. The van der Waals surface area contributed by atoms with Gasteiger partial charge in [0.15, 0.2) is 0 Å². The largest absolute Gasteiger partial charge is 0.491 e. The number of carboxylic acids is 1. The Morgan fingerprint density at radius 1 is 1.52 bits per heavy atom. The van der Waals surface area contributed by atoms with E-state index in [1.54, 1.807) is 0 Å². The molecule has 1 aliphatic rings. The molecular weight excluding hydrogens is 268 g/mol. The lowest BCUT2D eigenvalue weighted by Gasteiger charge is -2.21. The summed E-state index contributed by atoms with van der Waals surface area (Å²) in [6, 6.07) is 5.51. The maximum Gasteiger partial charge on any atom is 0.320 e.